The lowest BCUT2D eigenvalue weighted by Crippen LogP contribution is -2.10. The van der Waals surface area contributed by atoms with Crippen molar-refractivity contribution < 1.29 is 0 Å². The molecule has 0 spiro atoms. The molecular weight excluding hydrogens is 450 g/mol. The maximum Gasteiger partial charge on any atom is 0.0702 e. The molecule has 2 heterocycles. The summed E-state index contributed by atoms with van der Waals surface area (Å²) in [5.41, 5.74) is 9.65. The van der Waals surface area contributed by atoms with E-state index >= 15 is 0 Å². The summed E-state index contributed by atoms with van der Waals surface area (Å²) in [4.78, 5) is 11.4. The van der Waals surface area contributed by atoms with Crippen LogP contribution in [0, 0.1) is 0 Å². The lowest BCUT2D eigenvalue weighted by molar-refractivity contribution is 1.27. The number of hydrogen-bond acceptors (Lipinski definition) is 3. The fraction of sp³-hybridized carbons (Fsp3) is 0. The Kier molecular flexibility index (Phi) is 6.25. The van der Waals surface area contributed by atoms with Crippen LogP contribution in [0.2, 0.25) is 0 Å². The van der Waals surface area contributed by atoms with Crippen molar-refractivity contribution in [2.75, 3.05) is 4.90 Å². The molecule has 6 rings (SSSR count). The van der Waals surface area contributed by atoms with Gasteiger partial charge in [-0.25, -0.2) is 0 Å². The third-order valence-electron chi connectivity index (χ3n) is 6.36. The second-order valence-electron chi connectivity index (χ2n) is 8.78. The van der Waals surface area contributed by atoms with Crippen LogP contribution in [0.15, 0.2) is 152 Å². The Morgan fingerprint density at radius 1 is 0.351 bits per heavy atom. The van der Waals surface area contributed by atoms with Gasteiger partial charge in [0.2, 0.25) is 0 Å². The van der Waals surface area contributed by atoms with Gasteiger partial charge in [-0.15, -0.1) is 0 Å². The van der Waals surface area contributed by atoms with E-state index in [1.807, 2.05) is 54.9 Å². The molecule has 176 valence electrons. The molecule has 0 radical (unpaired) electrons. The Bertz CT molecular complexity index is 1510. The standard InChI is InChI=1S/C34H25N3/c1-2-10-26(11-3-1)27-18-20-30(21-19-27)37(31-14-8-12-28(24-31)33-16-4-6-22-35-33)32-15-9-13-29(25-32)34-17-5-7-23-36-34/h1-25H. The molecule has 3 heteroatoms. The number of anilines is 3. The van der Waals surface area contributed by atoms with E-state index in [9.17, 15) is 0 Å². The number of benzene rings is 4. The van der Waals surface area contributed by atoms with Crippen LogP contribution < -0.4 is 4.90 Å². The molecule has 0 unspecified atom stereocenters. The Balaban J connectivity index is 1.46. The van der Waals surface area contributed by atoms with E-state index in [0.29, 0.717) is 0 Å². The van der Waals surface area contributed by atoms with E-state index in [-0.39, 0.29) is 0 Å². The monoisotopic (exact) mass is 475 g/mol. The molecule has 6 aromatic rings. The molecule has 3 nitrogen and oxygen atoms in total. The zero-order chi connectivity index (χ0) is 24.9. The van der Waals surface area contributed by atoms with Crippen LogP contribution in [0.4, 0.5) is 17.1 Å². The Morgan fingerprint density at radius 2 is 0.838 bits per heavy atom. The Labute approximate surface area is 217 Å². The predicted octanol–water partition coefficient (Wildman–Crippen LogP) is 8.95. The van der Waals surface area contributed by atoms with Gasteiger partial charge in [0.15, 0.2) is 0 Å². The SMILES string of the molecule is c1ccc(-c2ccc(N(c3cccc(-c4ccccn4)c3)c3cccc(-c4ccccn4)c3)cc2)cc1. The van der Waals surface area contributed by atoms with Crippen LogP contribution in [0.25, 0.3) is 33.6 Å². The number of hydrogen-bond donors (Lipinski definition) is 0. The van der Waals surface area contributed by atoms with Gasteiger partial charge < -0.3 is 4.90 Å². The van der Waals surface area contributed by atoms with Gasteiger partial charge in [0.05, 0.1) is 11.4 Å². The lowest BCUT2D eigenvalue weighted by atomic mass is 10.0. The summed E-state index contributed by atoms with van der Waals surface area (Å²) in [7, 11) is 0. The molecule has 0 fully saturated rings. The van der Waals surface area contributed by atoms with E-state index in [2.05, 4.69) is 112 Å². The number of nitrogens with zero attached hydrogens (tertiary/aromatic N) is 3. The molecule has 37 heavy (non-hydrogen) atoms. The number of rotatable bonds is 6. The van der Waals surface area contributed by atoms with E-state index in [1.54, 1.807) is 0 Å². The van der Waals surface area contributed by atoms with Gasteiger partial charge in [-0.1, -0.05) is 78.9 Å². The summed E-state index contributed by atoms with van der Waals surface area (Å²) in [5, 5.41) is 0. The van der Waals surface area contributed by atoms with Crippen LogP contribution in [-0.4, -0.2) is 9.97 Å². The van der Waals surface area contributed by atoms with Crippen molar-refractivity contribution in [1.82, 2.24) is 9.97 Å². The van der Waals surface area contributed by atoms with Crippen molar-refractivity contribution >= 4 is 17.1 Å². The molecule has 0 N–H and O–H groups in total. The molecule has 0 saturated heterocycles. The van der Waals surface area contributed by atoms with Gasteiger partial charge in [0.1, 0.15) is 0 Å². The second kappa shape index (κ2) is 10.3. The first-order valence-corrected chi connectivity index (χ1v) is 12.3. The molecule has 0 bridgehead atoms. The average molecular weight is 476 g/mol. The highest BCUT2D eigenvalue weighted by molar-refractivity contribution is 5.82. The molecular formula is C34H25N3. The lowest BCUT2D eigenvalue weighted by Gasteiger charge is -2.26. The smallest absolute Gasteiger partial charge is 0.0702 e. The maximum absolute atomic E-state index is 4.57. The zero-order valence-electron chi connectivity index (χ0n) is 20.3. The fourth-order valence-corrected chi connectivity index (χ4v) is 4.56. The summed E-state index contributed by atoms with van der Waals surface area (Å²) < 4.78 is 0. The molecule has 0 atom stereocenters. The van der Waals surface area contributed by atoms with Crippen molar-refractivity contribution in [3.8, 4) is 33.6 Å². The second-order valence-corrected chi connectivity index (χ2v) is 8.78. The Morgan fingerprint density at radius 3 is 1.35 bits per heavy atom. The van der Waals surface area contributed by atoms with Crippen LogP contribution in [0.3, 0.4) is 0 Å². The number of aromatic nitrogens is 2. The maximum atomic E-state index is 4.57. The molecule has 2 aromatic heterocycles. The first kappa shape index (κ1) is 22.4. The van der Waals surface area contributed by atoms with Crippen molar-refractivity contribution in [2.24, 2.45) is 0 Å². The average Bonchev–Trinajstić information content (AvgIpc) is 2.99. The van der Waals surface area contributed by atoms with Crippen LogP contribution >= 0.6 is 0 Å². The highest BCUT2D eigenvalue weighted by Gasteiger charge is 2.15. The topological polar surface area (TPSA) is 29.0 Å². The minimum atomic E-state index is 0.950. The Hall–Kier alpha value is -5.02. The number of pyridine rings is 2. The first-order valence-electron chi connectivity index (χ1n) is 12.3. The van der Waals surface area contributed by atoms with E-state index in [4.69, 9.17) is 0 Å². The molecule has 0 aliphatic heterocycles. The summed E-state index contributed by atoms with van der Waals surface area (Å²) in [5.74, 6) is 0. The van der Waals surface area contributed by atoms with Gasteiger partial charge in [-0.2, -0.15) is 0 Å². The highest BCUT2D eigenvalue weighted by Crippen LogP contribution is 2.38. The van der Waals surface area contributed by atoms with Crippen molar-refractivity contribution in [3.63, 3.8) is 0 Å². The van der Waals surface area contributed by atoms with Crippen LogP contribution in [0.1, 0.15) is 0 Å². The summed E-state index contributed by atoms with van der Waals surface area (Å²) in [6.45, 7) is 0. The molecule has 0 aliphatic rings. The van der Waals surface area contributed by atoms with E-state index < -0.39 is 0 Å². The summed E-state index contributed by atoms with van der Waals surface area (Å²) >= 11 is 0. The minimum Gasteiger partial charge on any atom is -0.310 e. The summed E-state index contributed by atoms with van der Waals surface area (Å²) in [6.07, 6.45) is 3.66. The van der Waals surface area contributed by atoms with Crippen LogP contribution in [0.5, 0.6) is 0 Å². The quantitative estimate of drug-likeness (QED) is 0.241. The summed E-state index contributed by atoms with van der Waals surface area (Å²) in [6, 6.07) is 48.3. The van der Waals surface area contributed by atoms with Gasteiger partial charge >= 0.3 is 0 Å². The van der Waals surface area contributed by atoms with Gasteiger partial charge in [0, 0.05) is 40.6 Å². The van der Waals surface area contributed by atoms with Crippen LogP contribution in [-0.2, 0) is 0 Å². The fourth-order valence-electron chi connectivity index (χ4n) is 4.56. The zero-order valence-corrected chi connectivity index (χ0v) is 20.3. The normalized spacial score (nSPS) is 10.7. The third-order valence-corrected chi connectivity index (χ3v) is 6.36. The van der Waals surface area contributed by atoms with Crippen molar-refractivity contribution in [3.05, 3.63) is 152 Å². The van der Waals surface area contributed by atoms with Gasteiger partial charge in [-0.3, -0.25) is 9.97 Å². The van der Waals surface area contributed by atoms with E-state index in [0.717, 1.165) is 39.6 Å². The largest absolute Gasteiger partial charge is 0.310 e. The minimum absolute atomic E-state index is 0.950. The molecule has 0 amide bonds. The predicted molar refractivity (Wildman–Crippen MR) is 153 cm³/mol. The van der Waals surface area contributed by atoms with Crippen molar-refractivity contribution in [2.45, 2.75) is 0 Å². The van der Waals surface area contributed by atoms with Crippen molar-refractivity contribution in [1.29, 1.82) is 0 Å². The van der Waals surface area contributed by atoms with E-state index in [1.165, 1.54) is 11.1 Å². The van der Waals surface area contributed by atoms with Gasteiger partial charge in [0.25, 0.3) is 0 Å². The molecule has 4 aromatic carbocycles. The molecule has 0 saturated carbocycles. The van der Waals surface area contributed by atoms with Gasteiger partial charge in [-0.05, 0) is 71.8 Å². The third kappa shape index (κ3) is 4.89. The molecule has 0 aliphatic carbocycles. The highest BCUT2D eigenvalue weighted by atomic mass is 15.1. The first-order chi connectivity index (χ1) is 18.3.